The monoisotopic (exact) mass is 299 g/mol. The van der Waals surface area contributed by atoms with E-state index in [-0.39, 0.29) is 11.3 Å². The van der Waals surface area contributed by atoms with Crippen molar-refractivity contribution in [2.45, 2.75) is 40.0 Å². The van der Waals surface area contributed by atoms with E-state index in [9.17, 15) is 4.79 Å². The summed E-state index contributed by atoms with van der Waals surface area (Å²) in [6.45, 7) is 12.6. The summed E-state index contributed by atoms with van der Waals surface area (Å²) in [4.78, 5) is 14.3. The van der Waals surface area contributed by atoms with E-state index in [2.05, 4.69) is 31.0 Å². The van der Waals surface area contributed by atoms with Gasteiger partial charge in [-0.25, -0.2) is 0 Å². The third-order valence-corrected chi connectivity index (χ3v) is 4.31. The Balaban J connectivity index is 2.17. The van der Waals surface area contributed by atoms with Gasteiger partial charge >= 0.3 is 0 Å². The van der Waals surface area contributed by atoms with Crippen LogP contribution in [0.1, 0.15) is 40.0 Å². The number of nitrogens with one attached hydrogen (secondary N) is 1. The van der Waals surface area contributed by atoms with Gasteiger partial charge in [0.1, 0.15) is 0 Å². The first-order valence-electron chi connectivity index (χ1n) is 8.20. The lowest BCUT2D eigenvalue weighted by Gasteiger charge is -2.30. The summed E-state index contributed by atoms with van der Waals surface area (Å²) in [5.74, 6) is 0.669. The average molecular weight is 299 g/mol. The molecule has 0 radical (unpaired) electrons. The summed E-state index contributed by atoms with van der Waals surface area (Å²) >= 11 is 0. The first kappa shape index (κ1) is 18.4. The van der Waals surface area contributed by atoms with Crippen molar-refractivity contribution in [2.75, 3.05) is 45.9 Å². The minimum atomic E-state index is 0.162. The van der Waals surface area contributed by atoms with Crippen molar-refractivity contribution in [3.05, 3.63) is 0 Å². The number of rotatable bonds is 8. The van der Waals surface area contributed by atoms with E-state index in [1.165, 1.54) is 0 Å². The van der Waals surface area contributed by atoms with Crippen molar-refractivity contribution in [2.24, 2.45) is 17.1 Å². The second kappa shape index (κ2) is 9.38. The predicted octanol–water partition coefficient (Wildman–Crippen LogP) is 1.23. The standard InChI is InChI=1S/C16H33N3O2/c1-16(2,3)14(6-7-17)4-5-15(20)18-8-9-19-10-12-21-13-11-19/h14H,4-13,17H2,1-3H3,(H,18,20). The molecule has 1 unspecified atom stereocenters. The van der Waals surface area contributed by atoms with Crippen LogP contribution in [-0.4, -0.2) is 56.7 Å². The SMILES string of the molecule is CC(C)(C)C(CCN)CCC(=O)NCCN1CCOCC1. The number of hydrogen-bond donors (Lipinski definition) is 2. The summed E-state index contributed by atoms with van der Waals surface area (Å²) in [5.41, 5.74) is 5.89. The molecule has 1 heterocycles. The zero-order valence-corrected chi connectivity index (χ0v) is 14.0. The highest BCUT2D eigenvalue weighted by Gasteiger charge is 2.24. The van der Waals surface area contributed by atoms with E-state index in [4.69, 9.17) is 10.5 Å². The van der Waals surface area contributed by atoms with Crippen LogP contribution in [0.2, 0.25) is 0 Å². The maximum Gasteiger partial charge on any atom is 0.220 e. The smallest absolute Gasteiger partial charge is 0.220 e. The molecular formula is C16H33N3O2. The minimum absolute atomic E-state index is 0.162. The Hall–Kier alpha value is -0.650. The first-order chi connectivity index (χ1) is 9.93. The van der Waals surface area contributed by atoms with Gasteiger partial charge in [0.15, 0.2) is 0 Å². The van der Waals surface area contributed by atoms with Gasteiger partial charge in [-0.2, -0.15) is 0 Å². The fourth-order valence-electron chi connectivity index (χ4n) is 2.78. The number of carbonyl (C=O) groups is 1. The lowest BCUT2D eigenvalue weighted by molar-refractivity contribution is -0.121. The number of carbonyl (C=O) groups excluding carboxylic acids is 1. The van der Waals surface area contributed by atoms with Crippen molar-refractivity contribution in [3.8, 4) is 0 Å². The number of nitrogens with zero attached hydrogens (tertiary/aromatic N) is 1. The molecule has 5 heteroatoms. The number of hydrogen-bond acceptors (Lipinski definition) is 4. The van der Waals surface area contributed by atoms with Crippen LogP contribution in [0.15, 0.2) is 0 Å². The molecule has 1 aliphatic rings. The van der Waals surface area contributed by atoms with Gasteiger partial charge in [-0.1, -0.05) is 20.8 Å². The molecule has 3 N–H and O–H groups in total. The summed E-state index contributed by atoms with van der Waals surface area (Å²) in [5, 5.41) is 3.03. The van der Waals surface area contributed by atoms with Crippen molar-refractivity contribution < 1.29 is 9.53 Å². The third kappa shape index (κ3) is 7.79. The van der Waals surface area contributed by atoms with E-state index in [1.807, 2.05) is 0 Å². The van der Waals surface area contributed by atoms with Crippen LogP contribution < -0.4 is 11.1 Å². The maximum atomic E-state index is 11.9. The molecule has 1 fully saturated rings. The normalized spacial score (nSPS) is 18.5. The summed E-state index contributed by atoms with van der Waals surface area (Å²) in [7, 11) is 0. The van der Waals surface area contributed by atoms with Gasteiger partial charge in [-0.05, 0) is 30.7 Å². The molecule has 21 heavy (non-hydrogen) atoms. The number of ether oxygens (including phenoxy) is 1. The average Bonchev–Trinajstić information content (AvgIpc) is 2.43. The zero-order valence-electron chi connectivity index (χ0n) is 14.0. The Bertz CT molecular complexity index is 296. The van der Waals surface area contributed by atoms with Gasteiger partial charge in [0.25, 0.3) is 0 Å². The quantitative estimate of drug-likeness (QED) is 0.707. The Morgan fingerprint density at radius 3 is 2.52 bits per heavy atom. The van der Waals surface area contributed by atoms with E-state index < -0.39 is 0 Å². The van der Waals surface area contributed by atoms with Crippen molar-refractivity contribution >= 4 is 5.91 Å². The molecule has 0 aromatic carbocycles. The van der Waals surface area contributed by atoms with E-state index in [1.54, 1.807) is 0 Å². The minimum Gasteiger partial charge on any atom is -0.379 e. The maximum absolute atomic E-state index is 11.9. The van der Waals surface area contributed by atoms with Crippen LogP contribution >= 0.6 is 0 Å². The fraction of sp³-hybridized carbons (Fsp3) is 0.938. The molecule has 1 amide bonds. The van der Waals surface area contributed by atoms with Gasteiger partial charge in [0, 0.05) is 32.6 Å². The molecule has 0 aromatic rings. The Morgan fingerprint density at radius 2 is 1.95 bits per heavy atom. The summed E-state index contributed by atoms with van der Waals surface area (Å²) in [6, 6.07) is 0. The van der Waals surface area contributed by atoms with Crippen molar-refractivity contribution in [1.29, 1.82) is 0 Å². The molecule has 1 aliphatic heterocycles. The predicted molar refractivity (Wildman–Crippen MR) is 86.1 cm³/mol. The molecule has 0 spiro atoms. The molecule has 0 aliphatic carbocycles. The van der Waals surface area contributed by atoms with Gasteiger partial charge in [-0.3, -0.25) is 9.69 Å². The topological polar surface area (TPSA) is 67.6 Å². The van der Waals surface area contributed by atoms with Crippen LogP contribution in [0.5, 0.6) is 0 Å². The van der Waals surface area contributed by atoms with Crippen molar-refractivity contribution in [3.63, 3.8) is 0 Å². The van der Waals surface area contributed by atoms with Crippen LogP contribution in [0.4, 0.5) is 0 Å². The molecule has 1 saturated heterocycles. The lowest BCUT2D eigenvalue weighted by Crippen LogP contribution is -2.41. The van der Waals surface area contributed by atoms with Crippen molar-refractivity contribution in [1.82, 2.24) is 10.2 Å². The second-order valence-electron chi connectivity index (χ2n) is 6.98. The Kier molecular flexibility index (Phi) is 8.22. The Labute approximate surface area is 129 Å². The van der Waals surface area contributed by atoms with E-state index in [0.29, 0.717) is 18.9 Å². The Morgan fingerprint density at radius 1 is 1.29 bits per heavy atom. The van der Waals surface area contributed by atoms with Crippen LogP contribution in [0, 0.1) is 11.3 Å². The van der Waals surface area contributed by atoms with Gasteiger partial charge in [0.05, 0.1) is 13.2 Å². The molecule has 0 aromatic heterocycles. The van der Waals surface area contributed by atoms with E-state index >= 15 is 0 Å². The molecule has 124 valence electrons. The highest BCUT2D eigenvalue weighted by atomic mass is 16.5. The molecule has 1 rings (SSSR count). The molecule has 0 bridgehead atoms. The number of amides is 1. The second-order valence-corrected chi connectivity index (χ2v) is 6.98. The highest BCUT2D eigenvalue weighted by Crippen LogP contribution is 2.31. The van der Waals surface area contributed by atoms with Crippen LogP contribution in [0.3, 0.4) is 0 Å². The van der Waals surface area contributed by atoms with Crippen LogP contribution in [-0.2, 0) is 9.53 Å². The number of morpholine rings is 1. The summed E-state index contributed by atoms with van der Waals surface area (Å²) < 4.78 is 5.31. The first-order valence-corrected chi connectivity index (χ1v) is 8.20. The molecule has 1 atom stereocenters. The van der Waals surface area contributed by atoms with Gasteiger partial charge in [0.2, 0.25) is 5.91 Å². The van der Waals surface area contributed by atoms with Gasteiger partial charge in [-0.15, -0.1) is 0 Å². The molecular weight excluding hydrogens is 266 g/mol. The fourth-order valence-corrected chi connectivity index (χ4v) is 2.78. The third-order valence-electron chi connectivity index (χ3n) is 4.31. The molecule has 0 saturated carbocycles. The van der Waals surface area contributed by atoms with Gasteiger partial charge < -0.3 is 15.8 Å². The largest absolute Gasteiger partial charge is 0.379 e. The number of nitrogens with two attached hydrogens (primary N) is 1. The highest BCUT2D eigenvalue weighted by molar-refractivity contribution is 5.75. The van der Waals surface area contributed by atoms with Crippen LogP contribution in [0.25, 0.3) is 0 Å². The molecule has 5 nitrogen and oxygen atoms in total. The lowest BCUT2D eigenvalue weighted by atomic mass is 9.76. The summed E-state index contributed by atoms with van der Waals surface area (Å²) in [6.07, 6.45) is 2.51. The van der Waals surface area contributed by atoms with E-state index in [0.717, 1.165) is 52.2 Å². The zero-order chi connectivity index (χ0) is 15.7.